The highest BCUT2D eigenvalue weighted by atomic mass is 32.1. The topological polar surface area (TPSA) is 46.3 Å². The van der Waals surface area contributed by atoms with Crippen LogP contribution in [0.3, 0.4) is 0 Å². The van der Waals surface area contributed by atoms with Gasteiger partial charge >= 0.3 is 0 Å². The third-order valence-electron chi connectivity index (χ3n) is 2.59. The van der Waals surface area contributed by atoms with Crippen LogP contribution in [0.5, 0.6) is 0 Å². The number of carbonyl (C=O) groups is 1. The van der Waals surface area contributed by atoms with Gasteiger partial charge in [0.1, 0.15) is 0 Å². The van der Waals surface area contributed by atoms with Gasteiger partial charge in [0.25, 0.3) is 0 Å². The molecule has 1 heterocycles. The van der Waals surface area contributed by atoms with Gasteiger partial charge in [-0.25, -0.2) is 0 Å². The van der Waals surface area contributed by atoms with E-state index in [2.05, 4.69) is 6.07 Å². The first kappa shape index (κ1) is 13.2. The molecule has 0 aliphatic carbocycles. The number of hydrogen-bond donors (Lipinski definition) is 1. The Hall–Kier alpha value is -0.870. The summed E-state index contributed by atoms with van der Waals surface area (Å²) in [5.41, 5.74) is 5.53. The Morgan fingerprint density at radius 1 is 1.62 bits per heavy atom. The molecule has 0 saturated heterocycles. The summed E-state index contributed by atoms with van der Waals surface area (Å²) in [5, 5.41) is 2.04. The summed E-state index contributed by atoms with van der Waals surface area (Å²) in [5.74, 6) is 0.471. The first-order valence-electron chi connectivity index (χ1n) is 5.67. The molecule has 0 saturated carbocycles. The van der Waals surface area contributed by atoms with Crippen molar-refractivity contribution in [2.45, 2.75) is 26.8 Å². The average molecular weight is 240 g/mol. The molecule has 0 aromatic carbocycles. The van der Waals surface area contributed by atoms with Gasteiger partial charge in [-0.05, 0) is 30.8 Å². The molecule has 1 atom stereocenters. The van der Waals surface area contributed by atoms with Gasteiger partial charge in [-0.2, -0.15) is 0 Å². The normalized spacial score (nSPS) is 12.4. The summed E-state index contributed by atoms with van der Waals surface area (Å²) in [6.07, 6.45) is 0.551. The van der Waals surface area contributed by atoms with Crippen LogP contribution < -0.4 is 5.73 Å². The minimum Gasteiger partial charge on any atom is -0.338 e. The molecule has 3 nitrogen and oxygen atoms in total. The zero-order valence-corrected chi connectivity index (χ0v) is 10.8. The molecule has 0 radical (unpaired) electrons. The Kier molecular flexibility index (Phi) is 5.49. The SMILES string of the molecule is CCN(Cc1cccs1)C(=O)CC(C)CN. The highest BCUT2D eigenvalue weighted by Crippen LogP contribution is 2.13. The third kappa shape index (κ3) is 3.94. The van der Waals surface area contributed by atoms with Crippen molar-refractivity contribution in [3.8, 4) is 0 Å². The lowest BCUT2D eigenvalue weighted by molar-refractivity contribution is -0.132. The molecular formula is C12H20N2OS. The molecule has 1 aromatic rings. The lowest BCUT2D eigenvalue weighted by atomic mass is 10.1. The first-order valence-corrected chi connectivity index (χ1v) is 6.55. The Morgan fingerprint density at radius 2 is 2.38 bits per heavy atom. The predicted octanol–water partition coefficient (Wildman–Crippen LogP) is 2.08. The van der Waals surface area contributed by atoms with Crippen molar-refractivity contribution in [2.24, 2.45) is 11.7 Å². The third-order valence-corrected chi connectivity index (χ3v) is 3.45. The zero-order chi connectivity index (χ0) is 12.0. The van der Waals surface area contributed by atoms with E-state index in [0.29, 0.717) is 13.0 Å². The maximum absolute atomic E-state index is 11.9. The van der Waals surface area contributed by atoms with Crippen molar-refractivity contribution in [3.05, 3.63) is 22.4 Å². The molecule has 90 valence electrons. The van der Waals surface area contributed by atoms with Crippen LogP contribution >= 0.6 is 11.3 Å². The molecule has 0 fully saturated rings. The average Bonchev–Trinajstić information content (AvgIpc) is 2.78. The van der Waals surface area contributed by atoms with Crippen LogP contribution in [-0.2, 0) is 11.3 Å². The molecule has 1 rings (SSSR count). The minimum absolute atomic E-state index is 0.203. The van der Waals surface area contributed by atoms with Gasteiger partial charge in [0.15, 0.2) is 0 Å². The van der Waals surface area contributed by atoms with E-state index in [9.17, 15) is 4.79 Å². The van der Waals surface area contributed by atoms with E-state index < -0.39 is 0 Å². The van der Waals surface area contributed by atoms with Crippen LogP contribution in [0.15, 0.2) is 17.5 Å². The monoisotopic (exact) mass is 240 g/mol. The van der Waals surface area contributed by atoms with Gasteiger partial charge in [0, 0.05) is 17.8 Å². The molecule has 4 heteroatoms. The van der Waals surface area contributed by atoms with Crippen LogP contribution in [0.25, 0.3) is 0 Å². The fourth-order valence-corrected chi connectivity index (χ4v) is 2.20. The van der Waals surface area contributed by atoms with Crippen LogP contribution in [0, 0.1) is 5.92 Å². The van der Waals surface area contributed by atoms with Gasteiger partial charge < -0.3 is 10.6 Å². The molecule has 2 N–H and O–H groups in total. The van der Waals surface area contributed by atoms with E-state index in [1.807, 2.05) is 30.2 Å². The summed E-state index contributed by atoms with van der Waals surface area (Å²) in [4.78, 5) is 15.1. The van der Waals surface area contributed by atoms with Gasteiger partial charge in [0.2, 0.25) is 5.91 Å². The first-order chi connectivity index (χ1) is 7.67. The number of carbonyl (C=O) groups excluding carboxylic acids is 1. The second-order valence-electron chi connectivity index (χ2n) is 4.03. The number of hydrogen-bond acceptors (Lipinski definition) is 3. The summed E-state index contributed by atoms with van der Waals surface area (Å²) in [7, 11) is 0. The van der Waals surface area contributed by atoms with E-state index in [1.165, 1.54) is 4.88 Å². The number of thiophene rings is 1. The largest absolute Gasteiger partial charge is 0.338 e. The number of nitrogens with zero attached hydrogens (tertiary/aromatic N) is 1. The molecule has 16 heavy (non-hydrogen) atoms. The molecule has 0 bridgehead atoms. The van der Waals surface area contributed by atoms with Crippen molar-refractivity contribution in [1.29, 1.82) is 0 Å². The molecule has 1 amide bonds. The number of nitrogens with two attached hydrogens (primary N) is 1. The van der Waals surface area contributed by atoms with Gasteiger partial charge in [-0.1, -0.05) is 13.0 Å². The van der Waals surface area contributed by atoms with Crippen molar-refractivity contribution in [2.75, 3.05) is 13.1 Å². The fraction of sp³-hybridized carbons (Fsp3) is 0.583. The summed E-state index contributed by atoms with van der Waals surface area (Å²) in [6, 6.07) is 4.08. The Morgan fingerprint density at radius 3 is 2.88 bits per heavy atom. The van der Waals surface area contributed by atoms with Crippen LogP contribution in [0.2, 0.25) is 0 Å². The highest BCUT2D eigenvalue weighted by molar-refractivity contribution is 7.09. The van der Waals surface area contributed by atoms with Crippen LogP contribution in [-0.4, -0.2) is 23.9 Å². The van der Waals surface area contributed by atoms with E-state index in [-0.39, 0.29) is 11.8 Å². The smallest absolute Gasteiger partial charge is 0.223 e. The van der Waals surface area contributed by atoms with Gasteiger partial charge in [0.05, 0.1) is 6.54 Å². The van der Waals surface area contributed by atoms with E-state index in [1.54, 1.807) is 11.3 Å². The summed E-state index contributed by atoms with van der Waals surface area (Å²) in [6.45, 7) is 6.08. The van der Waals surface area contributed by atoms with Crippen molar-refractivity contribution in [3.63, 3.8) is 0 Å². The van der Waals surface area contributed by atoms with Gasteiger partial charge in [-0.3, -0.25) is 4.79 Å². The maximum atomic E-state index is 11.9. The van der Waals surface area contributed by atoms with E-state index >= 15 is 0 Å². The van der Waals surface area contributed by atoms with Crippen molar-refractivity contribution >= 4 is 17.2 Å². The molecule has 0 aliphatic rings. The summed E-state index contributed by atoms with van der Waals surface area (Å²) >= 11 is 1.69. The van der Waals surface area contributed by atoms with Crippen molar-refractivity contribution in [1.82, 2.24) is 4.90 Å². The van der Waals surface area contributed by atoms with Crippen LogP contribution in [0.1, 0.15) is 25.1 Å². The number of rotatable bonds is 6. The Labute approximate surface area is 101 Å². The van der Waals surface area contributed by atoms with E-state index in [0.717, 1.165) is 13.1 Å². The lowest BCUT2D eigenvalue weighted by Gasteiger charge is -2.21. The minimum atomic E-state index is 0.203. The Bertz CT molecular complexity index is 311. The molecule has 0 spiro atoms. The standard InChI is InChI=1S/C12H20N2OS/c1-3-14(9-11-5-4-6-16-11)12(15)7-10(2)8-13/h4-6,10H,3,7-9,13H2,1-2H3. The summed E-state index contributed by atoms with van der Waals surface area (Å²) < 4.78 is 0. The lowest BCUT2D eigenvalue weighted by Crippen LogP contribution is -2.32. The molecule has 1 unspecified atom stereocenters. The van der Waals surface area contributed by atoms with Crippen LogP contribution in [0.4, 0.5) is 0 Å². The highest BCUT2D eigenvalue weighted by Gasteiger charge is 2.15. The second-order valence-corrected chi connectivity index (χ2v) is 5.06. The van der Waals surface area contributed by atoms with Gasteiger partial charge in [-0.15, -0.1) is 11.3 Å². The molecular weight excluding hydrogens is 220 g/mol. The zero-order valence-electron chi connectivity index (χ0n) is 9.98. The number of amides is 1. The molecule has 1 aromatic heterocycles. The van der Waals surface area contributed by atoms with Crippen molar-refractivity contribution < 1.29 is 4.79 Å². The maximum Gasteiger partial charge on any atom is 0.223 e. The van der Waals surface area contributed by atoms with E-state index in [4.69, 9.17) is 5.73 Å². The molecule has 0 aliphatic heterocycles. The quantitative estimate of drug-likeness (QED) is 0.827. The second kappa shape index (κ2) is 6.66. The fourth-order valence-electron chi connectivity index (χ4n) is 1.48. The Balaban J connectivity index is 2.50. The predicted molar refractivity (Wildman–Crippen MR) is 68.2 cm³/mol.